The van der Waals surface area contributed by atoms with Gasteiger partial charge in [0.05, 0.1) is 31.8 Å². The number of nitrogens with zero attached hydrogens (tertiary/aromatic N) is 2. The lowest BCUT2D eigenvalue weighted by Gasteiger charge is -2.16. The molecule has 0 atom stereocenters. The summed E-state index contributed by atoms with van der Waals surface area (Å²) in [6, 6.07) is 9.07. The fourth-order valence-corrected chi connectivity index (χ4v) is 2.34. The number of hydrogen-bond donors (Lipinski definition) is 1. The minimum absolute atomic E-state index is 0.0676. The van der Waals surface area contributed by atoms with E-state index in [2.05, 4.69) is 17.2 Å². The van der Waals surface area contributed by atoms with E-state index in [0.29, 0.717) is 11.4 Å². The maximum absolute atomic E-state index is 12.3. The summed E-state index contributed by atoms with van der Waals surface area (Å²) in [6.45, 7) is 2.84. The Hall–Kier alpha value is -2.76. The summed E-state index contributed by atoms with van der Waals surface area (Å²) in [7, 11) is 5.01. The molecule has 0 spiro atoms. The molecule has 2 aromatic rings. The first-order valence-corrected chi connectivity index (χ1v) is 8.29. The Kier molecular flexibility index (Phi) is 6.62. The zero-order valence-corrected chi connectivity index (χ0v) is 15.2. The Morgan fingerprint density at radius 3 is 2.60 bits per heavy atom. The predicted octanol–water partition coefficient (Wildman–Crippen LogP) is 3.71. The number of carbonyl (C=O) groups is 1. The van der Waals surface area contributed by atoms with E-state index >= 15 is 0 Å². The molecule has 0 aliphatic heterocycles. The van der Waals surface area contributed by atoms with Gasteiger partial charge in [-0.15, -0.1) is 0 Å². The molecular formula is C19H25N3O3. The summed E-state index contributed by atoms with van der Waals surface area (Å²) >= 11 is 0. The maximum Gasteiger partial charge on any atom is 0.272 e. The van der Waals surface area contributed by atoms with Crippen LogP contribution in [0.5, 0.6) is 11.5 Å². The molecule has 0 aliphatic rings. The molecule has 0 unspecified atom stereocenters. The van der Waals surface area contributed by atoms with Crippen molar-refractivity contribution in [1.82, 2.24) is 9.88 Å². The number of aromatic nitrogens is 1. The van der Waals surface area contributed by atoms with Crippen LogP contribution in [0.3, 0.4) is 0 Å². The summed E-state index contributed by atoms with van der Waals surface area (Å²) in [5.74, 6) is 1.32. The number of carbonyl (C=O) groups excluding carboxylic acids is 1. The van der Waals surface area contributed by atoms with E-state index in [-0.39, 0.29) is 5.91 Å². The number of pyridine rings is 1. The minimum Gasteiger partial charge on any atom is -0.497 e. The molecule has 1 heterocycles. The van der Waals surface area contributed by atoms with E-state index in [1.54, 1.807) is 44.5 Å². The summed E-state index contributed by atoms with van der Waals surface area (Å²) < 4.78 is 10.6. The average molecular weight is 343 g/mol. The van der Waals surface area contributed by atoms with Gasteiger partial charge in [0.1, 0.15) is 17.2 Å². The van der Waals surface area contributed by atoms with Crippen LogP contribution in [0, 0.1) is 0 Å². The van der Waals surface area contributed by atoms with E-state index in [1.807, 2.05) is 18.2 Å². The van der Waals surface area contributed by atoms with Crippen molar-refractivity contribution in [2.24, 2.45) is 0 Å². The molecule has 0 saturated heterocycles. The van der Waals surface area contributed by atoms with Crippen LogP contribution in [0.15, 0.2) is 36.5 Å². The molecule has 1 amide bonds. The number of ether oxygens (including phenoxy) is 2. The van der Waals surface area contributed by atoms with E-state index in [4.69, 9.17) is 9.47 Å². The van der Waals surface area contributed by atoms with Crippen molar-refractivity contribution in [1.29, 1.82) is 0 Å². The van der Waals surface area contributed by atoms with E-state index in [9.17, 15) is 4.79 Å². The van der Waals surface area contributed by atoms with Gasteiger partial charge in [0, 0.05) is 19.7 Å². The second-order valence-electron chi connectivity index (χ2n) is 5.70. The number of benzene rings is 1. The van der Waals surface area contributed by atoms with Crippen molar-refractivity contribution in [3.05, 3.63) is 42.2 Å². The summed E-state index contributed by atoms with van der Waals surface area (Å²) in [5.41, 5.74) is 2.01. The third-order valence-corrected chi connectivity index (χ3v) is 3.86. The van der Waals surface area contributed by atoms with Gasteiger partial charge in [-0.2, -0.15) is 0 Å². The molecule has 0 fully saturated rings. The molecule has 0 bridgehead atoms. The smallest absolute Gasteiger partial charge is 0.272 e. The molecular weight excluding hydrogens is 318 g/mol. The lowest BCUT2D eigenvalue weighted by atomic mass is 10.2. The van der Waals surface area contributed by atoms with Crippen LogP contribution in [-0.2, 0) is 0 Å². The average Bonchev–Trinajstić information content (AvgIpc) is 2.66. The van der Waals surface area contributed by atoms with Crippen LogP contribution in [0.1, 0.15) is 30.3 Å². The van der Waals surface area contributed by atoms with Gasteiger partial charge in [0.2, 0.25) is 0 Å². The monoisotopic (exact) mass is 343 g/mol. The zero-order valence-electron chi connectivity index (χ0n) is 15.2. The molecule has 0 aliphatic carbocycles. The van der Waals surface area contributed by atoms with E-state index in [1.165, 1.54) is 0 Å². The molecule has 0 saturated carbocycles. The Morgan fingerprint density at radius 1 is 1.20 bits per heavy atom. The Bertz CT molecular complexity index is 702. The predicted molar refractivity (Wildman–Crippen MR) is 98.9 cm³/mol. The molecule has 6 heteroatoms. The highest BCUT2D eigenvalue weighted by atomic mass is 16.5. The molecule has 1 aromatic carbocycles. The number of methoxy groups -OCH3 is 2. The summed E-state index contributed by atoms with van der Waals surface area (Å²) in [5, 5.41) is 3.24. The lowest BCUT2D eigenvalue weighted by molar-refractivity contribution is 0.0787. The van der Waals surface area contributed by atoms with Crippen LogP contribution in [0.4, 0.5) is 11.4 Å². The normalized spacial score (nSPS) is 10.2. The molecule has 1 aromatic heterocycles. The Balaban J connectivity index is 2.09. The highest BCUT2D eigenvalue weighted by Crippen LogP contribution is 2.31. The van der Waals surface area contributed by atoms with Gasteiger partial charge in [-0.3, -0.25) is 4.79 Å². The quantitative estimate of drug-likeness (QED) is 0.791. The Labute approximate surface area is 148 Å². The van der Waals surface area contributed by atoms with Crippen molar-refractivity contribution >= 4 is 17.3 Å². The third kappa shape index (κ3) is 4.86. The molecule has 6 nitrogen and oxygen atoms in total. The molecule has 2 rings (SSSR count). The lowest BCUT2D eigenvalue weighted by Crippen LogP contribution is -2.28. The van der Waals surface area contributed by atoms with Gasteiger partial charge in [-0.25, -0.2) is 4.98 Å². The SMILES string of the molecule is CCCCN(C)C(=O)c1ccc(Nc2ccc(OC)cc2OC)cn1. The van der Waals surface area contributed by atoms with Crippen LogP contribution in [0.25, 0.3) is 0 Å². The fourth-order valence-electron chi connectivity index (χ4n) is 2.34. The van der Waals surface area contributed by atoms with Crippen molar-refractivity contribution in [2.45, 2.75) is 19.8 Å². The molecule has 0 radical (unpaired) electrons. The summed E-state index contributed by atoms with van der Waals surface area (Å²) in [4.78, 5) is 18.3. The van der Waals surface area contributed by atoms with Crippen molar-refractivity contribution < 1.29 is 14.3 Å². The number of anilines is 2. The molecule has 25 heavy (non-hydrogen) atoms. The number of unbranched alkanes of at least 4 members (excludes halogenated alkanes) is 1. The fraction of sp³-hybridized carbons (Fsp3) is 0.368. The molecule has 1 N–H and O–H groups in total. The maximum atomic E-state index is 12.3. The highest BCUT2D eigenvalue weighted by Gasteiger charge is 2.13. The van der Waals surface area contributed by atoms with Crippen LogP contribution in [-0.4, -0.2) is 43.6 Å². The van der Waals surface area contributed by atoms with Gasteiger partial charge < -0.3 is 19.7 Å². The van der Waals surface area contributed by atoms with Crippen LogP contribution >= 0.6 is 0 Å². The second kappa shape index (κ2) is 8.92. The standard InChI is InChI=1S/C19H25N3O3/c1-5-6-11-22(2)19(23)17-9-7-14(13-20-17)21-16-10-8-15(24-3)12-18(16)25-4/h7-10,12-13,21H,5-6,11H2,1-4H3. The largest absolute Gasteiger partial charge is 0.497 e. The van der Waals surface area contributed by atoms with Gasteiger partial charge >= 0.3 is 0 Å². The summed E-state index contributed by atoms with van der Waals surface area (Å²) in [6.07, 6.45) is 3.68. The number of nitrogens with one attached hydrogen (secondary N) is 1. The van der Waals surface area contributed by atoms with Crippen molar-refractivity contribution in [3.8, 4) is 11.5 Å². The number of hydrogen-bond acceptors (Lipinski definition) is 5. The third-order valence-electron chi connectivity index (χ3n) is 3.86. The van der Waals surface area contributed by atoms with Crippen molar-refractivity contribution in [2.75, 3.05) is 33.1 Å². The van der Waals surface area contributed by atoms with E-state index in [0.717, 1.165) is 36.5 Å². The van der Waals surface area contributed by atoms with Gasteiger partial charge in [-0.05, 0) is 30.7 Å². The highest BCUT2D eigenvalue weighted by molar-refractivity contribution is 5.92. The van der Waals surface area contributed by atoms with Gasteiger partial charge in [-0.1, -0.05) is 13.3 Å². The Morgan fingerprint density at radius 2 is 2.00 bits per heavy atom. The number of rotatable bonds is 8. The second-order valence-corrected chi connectivity index (χ2v) is 5.70. The van der Waals surface area contributed by atoms with Gasteiger partial charge in [0.15, 0.2) is 0 Å². The first kappa shape index (κ1) is 18.6. The molecule has 134 valence electrons. The van der Waals surface area contributed by atoms with Gasteiger partial charge in [0.25, 0.3) is 5.91 Å². The number of amides is 1. The van der Waals surface area contributed by atoms with Crippen molar-refractivity contribution in [3.63, 3.8) is 0 Å². The minimum atomic E-state index is -0.0676. The first-order valence-electron chi connectivity index (χ1n) is 8.29. The van der Waals surface area contributed by atoms with Crippen LogP contribution in [0.2, 0.25) is 0 Å². The van der Waals surface area contributed by atoms with E-state index < -0.39 is 0 Å². The van der Waals surface area contributed by atoms with Crippen LogP contribution < -0.4 is 14.8 Å². The topological polar surface area (TPSA) is 63.7 Å². The zero-order chi connectivity index (χ0) is 18.2. The first-order chi connectivity index (χ1) is 12.1.